The molecule has 4 atom stereocenters. The molecule has 1 saturated carbocycles. The van der Waals surface area contributed by atoms with Crippen LogP contribution in [-0.2, 0) is 16.1 Å². The second-order valence-electron chi connectivity index (χ2n) is 7.44. The number of carbonyl (C=O) groups is 1. The van der Waals surface area contributed by atoms with E-state index in [1.165, 1.54) is 0 Å². The molecule has 25 heavy (non-hydrogen) atoms. The first kappa shape index (κ1) is 16.9. The number of ether oxygens (including phenoxy) is 2. The summed E-state index contributed by atoms with van der Waals surface area (Å²) >= 11 is 0. The van der Waals surface area contributed by atoms with Gasteiger partial charge in [0.05, 0.1) is 12.1 Å². The van der Waals surface area contributed by atoms with Gasteiger partial charge in [0.25, 0.3) is 0 Å². The van der Waals surface area contributed by atoms with Crippen LogP contribution in [0.5, 0.6) is 0 Å². The Hall–Kier alpha value is -1.53. The number of methoxy groups -OCH3 is 1. The molecule has 0 bridgehead atoms. The molecular formula is C19H28N2O4. The molecule has 0 radical (unpaired) electrons. The predicted octanol–water partition coefficient (Wildman–Crippen LogP) is 3.23. The number of likely N-dealkylation sites (tertiary alicyclic amines) is 1. The summed E-state index contributed by atoms with van der Waals surface area (Å²) in [6, 6.07) is 4.24. The molecule has 6 nitrogen and oxygen atoms in total. The number of amides is 2. The topological polar surface area (TPSA) is 63.9 Å². The van der Waals surface area contributed by atoms with E-state index in [2.05, 4.69) is 5.32 Å². The Labute approximate surface area is 148 Å². The van der Waals surface area contributed by atoms with E-state index < -0.39 is 0 Å². The van der Waals surface area contributed by atoms with Gasteiger partial charge in [-0.1, -0.05) is 0 Å². The van der Waals surface area contributed by atoms with Crippen LogP contribution in [0.1, 0.15) is 56.1 Å². The van der Waals surface area contributed by atoms with Gasteiger partial charge in [0.15, 0.2) is 0 Å². The molecule has 3 heterocycles. The maximum Gasteiger partial charge on any atom is 0.318 e. The normalized spacial score (nSPS) is 32.0. The molecule has 0 unspecified atom stereocenters. The van der Waals surface area contributed by atoms with E-state index >= 15 is 0 Å². The third-order valence-electron chi connectivity index (χ3n) is 5.90. The molecule has 1 aliphatic carbocycles. The fourth-order valence-electron chi connectivity index (χ4n) is 4.70. The van der Waals surface area contributed by atoms with Gasteiger partial charge in [0, 0.05) is 32.2 Å². The van der Waals surface area contributed by atoms with Gasteiger partial charge < -0.3 is 24.1 Å². The van der Waals surface area contributed by atoms with Crippen molar-refractivity contribution in [1.82, 2.24) is 10.2 Å². The maximum atomic E-state index is 12.9. The molecule has 1 aromatic heterocycles. The number of fused-ring (bicyclic) bond motifs is 1. The van der Waals surface area contributed by atoms with Crippen LogP contribution in [-0.4, -0.2) is 43.3 Å². The Balaban J connectivity index is 1.41. The van der Waals surface area contributed by atoms with Gasteiger partial charge in [-0.15, -0.1) is 0 Å². The zero-order valence-electron chi connectivity index (χ0n) is 14.9. The van der Waals surface area contributed by atoms with Gasteiger partial charge in [-0.2, -0.15) is 0 Å². The van der Waals surface area contributed by atoms with Gasteiger partial charge >= 0.3 is 6.03 Å². The first-order valence-corrected chi connectivity index (χ1v) is 9.52. The van der Waals surface area contributed by atoms with Crippen molar-refractivity contribution >= 4 is 6.03 Å². The standard InChI is InChI=1S/C19H28N2O4/c1-23-12-13-7-8-18(25-13)16-5-3-10-21(16)19(22)20-15-4-2-6-17-14(15)9-11-24-17/h7-8,14-17H,2-6,9-12H2,1H3,(H,20,22)/t14-,15+,16-,17+/m0/s1. The van der Waals surface area contributed by atoms with Gasteiger partial charge in [0.2, 0.25) is 0 Å². The van der Waals surface area contributed by atoms with Crippen LogP contribution in [0.15, 0.2) is 16.5 Å². The number of rotatable bonds is 4. The van der Waals surface area contributed by atoms with E-state index in [1.807, 2.05) is 17.0 Å². The van der Waals surface area contributed by atoms with Crippen molar-refractivity contribution in [3.05, 3.63) is 23.7 Å². The minimum Gasteiger partial charge on any atom is -0.461 e. The van der Waals surface area contributed by atoms with Crippen LogP contribution in [0, 0.1) is 5.92 Å². The van der Waals surface area contributed by atoms with Gasteiger partial charge in [-0.05, 0) is 50.7 Å². The Morgan fingerprint density at radius 3 is 3.08 bits per heavy atom. The fraction of sp³-hybridized carbons (Fsp3) is 0.737. The average Bonchev–Trinajstić information content (AvgIpc) is 3.35. The summed E-state index contributed by atoms with van der Waals surface area (Å²) in [6.45, 7) is 2.08. The van der Waals surface area contributed by atoms with E-state index in [0.717, 1.165) is 63.2 Å². The summed E-state index contributed by atoms with van der Waals surface area (Å²) in [6.07, 6.45) is 6.71. The van der Waals surface area contributed by atoms with Gasteiger partial charge in [-0.25, -0.2) is 4.79 Å². The zero-order chi connectivity index (χ0) is 17.2. The lowest BCUT2D eigenvalue weighted by molar-refractivity contribution is 0.0535. The zero-order valence-corrected chi connectivity index (χ0v) is 14.9. The molecule has 1 N–H and O–H groups in total. The molecule has 3 aliphatic rings. The third kappa shape index (κ3) is 3.42. The minimum absolute atomic E-state index is 0.0322. The quantitative estimate of drug-likeness (QED) is 0.907. The van der Waals surface area contributed by atoms with Crippen molar-refractivity contribution in [3.8, 4) is 0 Å². The first-order valence-electron chi connectivity index (χ1n) is 9.52. The number of furan rings is 1. The van der Waals surface area contributed by atoms with Crippen molar-refractivity contribution in [2.45, 2.75) is 63.3 Å². The Morgan fingerprint density at radius 2 is 2.20 bits per heavy atom. The molecular weight excluding hydrogens is 320 g/mol. The lowest BCUT2D eigenvalue weighted by Gasteiger charge is -2.35. The largest absolute Gasteiger partial charge is 0.461 e. The molecule has 138 valence electrons. The maximum absolute atomic E-state index is 12.9. The number of nitrogens with one attached hydrogen (secondary N) is 1. The van der Waals surface area contributed by atoms with Gasteiger partial charge in [-0.3, -0.25) is 0 Å². The van der Waals surface area contributed by atoms with Crippen molar-refractivity contribution in [3.63, 3.8) is 0 Å². The van der Waals surface area contributed by atoms with Crippen LogP contribution in [0.2, 0.25) is 0 Å². The second-order valence-corrected chi connectivity index (χ2v) is 7.44. The van der Waals surface area contributed by atoms with E-state index in [9.17, 15) is 4.79 Å². The number of hydrogen-bond acceptors (Lipinski definition) is 4. The fourth-order valence-corrected chi connectivity index (χ4v) is 4.70. The van der Waals surface area contributed by atoms with Crippen LogP contribution < -0.4 is 5.32 Å². The number of urea groups is 1. The van der Waals surface area contributed by atoms with E-state index in [1.54, 1.807) is 7.11 Å². The predicted molar refractivity (Wildman–Crippen MR) is 92.1 cm³/mol. The smallest absolute Gasteiger partial charge is 0.318 e. The summed E-state index contributed by atoms with van der Waals surface area (Å²) in [5.74, 6) is 2.16. The van der Waals surface area contributed by atoms with Crippen molar-refractivity contribution < 1.29 is 18.7 Å². The van der Waals surface area contributed by atoms with Crippen molar-refractivity contribution in [2.24, 2.45) is 5.92 Å². The first-order chi connectivity index (χ1) is 12.3. The highest BCUT2D eigenvalue weighted by atomic mass is 16.5. The van der Waals surface area contributed by atoms with Crippen LogP contribution >= 0.6 is 0 Å². The van der Waals surface area contributed by atoms with Gasteiger partial charge in [0.1, 0.15) is 18.1 Å². The average molecular weight is 348 g/mol. The highest BCUT2D eigenvalue weighted by Gasteiger charge is 2.40. The minimum atomic E-state index is 0.0322. The molecule has 2 amide bonds. The third-order valence-corrected chi connectivity index (χ3v) is 5.90. The summed E-state index contributed by atoms with van der Waals surface area (Å²) in [5, 5.41) is 3.30. The molecule has 0 aromatic carbocycles. The Morgan fingerprint density at radius 1 is 1.28 bits per heavy atom. The molecule has 4 rings (SSSR count). The van der Waals surface area contributed by atoms with E-state index in [4.69, 9.17) is 13.9 Å². The highest BCUT2D eigenvalue weighted by Crippen LogP contribution is 2.36. The van der Waals surface area contributed by atoms with E-state index in [0.29, 0.717) is 18.6 Å². The number of hydrogen-bond donors (Lipinski definition) is 1. The van der Waals surface area contributed by atoms with Crippen molar-refractivity contribution in [2.75, 3.05) is 20.3 Å². The second kappa shape index (κ2) is 7.38. The molecule has 1 aromatic rings. The SMILES string of the molecule is COCc1ccc([C@@H]2CCCN2C(=O)N[C@@H]2CCC[C@H]3OCC[C@@H]23)o1. The summed E-state index contributed by atoms with van der Waals surface area (Å²) in [7, 11) is 1.65. The summed E-state index contributed by atoms with van der Waals surface area (Å²) in [4.78, 5) is 14.9. The molecule has 0 spiro atoms. The Bertz CT molecular complexity index is 602. The van der Waals surface area contributed by atoms with Crippen molar-refractivity contribution in [1.29, 1.82) is 0 Å². The van der Waals surface area contributed by atoms with Crippen LogP contribution in [0.4, 0.5) is 4.79 Å². The monoisotopic (exact) mass is 348 g/mol. The summed E-state index contributed by atoms with van der Waals surface area (Å²) in [5.41, 5.74) is 0. The van der Waals surface area contributed by atoms with E-state index in [-0.39, 0.29) is 18.1 Å². The molecule has 2 aliphatic heterocycles. The highest BCUT2D eigenvalue weighted by molar-refractivity contribution is 5.75. The number of nitrogens with zero attached hydrogens (tertiary/aromatic N) is 1. The summed E-state index contributed by atoms with van der Waals surface area (Å²) < 4.78 is 16.8. The van der Waals surface area contributed by atoms with Crippen LogP contribution in [0.3, 0.4) is 0 Å². The molecule has 2 saturated heterocycles. The van der Waals surface area contributed by atoms with Crippen LogP contribution in [0.25, 0.3) is 0 Å². The lowest BCUT2D eigenvalue weighted by atomic mass is 9.82. The molecule has 3 fully saturated rings. The molecule has 6 heteroatoms. The lowest BCUT2D eigenvalue weighted by Crippen LogP contribution is -2.50. The number of carbonyl (C=O) groups excluding carboxylic acids is 1. The Kier molecular flexibility index (Phi) is 4.99.